The molecule has 90 valence electrons. The van der Waals surface area contributed by atoms with E-state index in [-0.39, 0.29) is 23.8 Å². The smallest absolute Gasteiger partial charge is 0.239 e. The molecule has 1 atom stereocenters. The van der Waals surface area contributed by atoms with Crippen molar-refractivity contribution in [2.45, 2.75) is 19.8 Å². The molecule has 2 aliphatic heterocycles. The van der Waals surface area contributed by atoms with Gasteiger partial charge in [0.25, 0.3) is 0 Å². The molecular weight excluding hydrogens is 206 g/mol. The standard InChI is InChI=1S/C11H19N3O2/c1-2-11(3-4-12-8-11)10(16)14-6-5-13-9(15)7-14/h12H,2-8H2,1H3,(H,13,15). The summed E-state index contributed by atoms with van der Waals surface area (Å²) in [6.45, 7) is 5.15. The van der Waals surface area contributed by atoms with Crippen LogP contribution in [0.15, 0.2) is 0 Å². The van der Waals surface area contributed by atoms with E-state index >= 15 is 0 Å². The molecule has 2 aliphatic rings. The zero-order chi connectivity index (χ0) is 11.6. The van der Waals surface area contributed by atoms with Crippen LogP contribution in [0.1, 0.15) is 19.8 Å². The van der Waals surface area contributed by atoms with E-state index in [0.717, 1.165) is 25.9 Å². The van der Waals surface area contributed by atoms with Crippen LogP contribution in [0.2, 0.25) is 0 Å². The predicted molar refractivity (Wildman–Crippen MR) is 59.8 cm³/mol. The van der Waals surface area contributed by atoms with Gasteiger partial charge in [0, 0.05) is 19.6 Å². The van der Waals surface area contributed by atoms with Gasteiger partial charge in [0.05, 0.1) is 12.0 Å². The Balaban J connectivity index is 2.07. The van der Waals surface area contributed by atoms with Gasteiger partial charge in [0.15, 0.2) is 0 Å². The first-order chi connectivity index (χ1) is 7.68. The van der Waals surface area contributed by atoms with Crippen molar-refractivity contribution in [2.75, 3.05) is 32.7 Å². The highest BCUT2D eigenvalue weighted by molar-refractivity contribution is 5.89. The molecule has 2 saturated heterocycles. The predicted octanol–water partition coefficient (Wildman–Crippen LogP) is -0.665. The van der Waals surface area contributed by atoms with E-state index in [1.54, 1.807) is 4.90 Å². The zero-order valence-corrected chi connectivity index (χ0v) is 9.71. The first-order valence-electron chi connectivity index (χ1n) is 5.95. The number of piperazine rings is 1. The summed E-state index contributed by atoms with van der Waals surface area (Å²) in [6.07, 6.45) is 1.73. The van der Waals surface area contributed by atoms with Crippen LogP contribution in [0.3, 0.4) is 0 Å². The lowest BCUT2D eigenvalue weighted by atomic mass is 9.82. The Kier molecular flexibility index (Phi) is 3.14. The Hall–Kier alpha value is -1.10. The van der Waals surface area contributed by atoms with E-state index in [4.69, 9.17) is 0 Å². The first kappa shape index (κ1) is 11.4. The number of amides is 2. The molecule has 5 heteroatoms. The molecule has 5 nitrogen and oxygen atoms in total. The molecule has 2 heterocycles. The van der Waals surface area contributed by atoms with Gasteiger partial charge in [0.2, 0.25) is 11.8 Å². The summed E-state index contributed by atoms with van der Waals surface area (Å²) in [7, 11) is 0. The summed E-state index contributed by atoms with van der Waals surface area (Å²) in [6, 6.07) is 0. The van der Waals surface area contributed by atoms with Gasteiger partial charge in [0.1, 0.15) is 0 Å². The second kappa shape index (κ2) is 4.41. The van der Waals surface area contributed by atoms with Gasteiger partial charge in [-0.2, -0.15) is 0 Å². The van der Waals surface area contributed by atoms with Crippen molar-refractivity contribution in [3.05, 3.63) is 0 Å². The highest BCUT2D eigenvalue weighted by Crippen LogP contribution is 2.31. The summed E-state index contributed by atoms with van der Waals surface area (Å²) < 4.78 is 0. The molecule has 2 amide bonds. The van der Waals surface area contributed by atoms with Crippen molar-refractivity contribution in [3.63, 3.8) is 0 Å². The van der Waals surface area contributed by atoms with Crippen LogP contribution in [-0.4, -0.2) is 49.4 Å². The number of carbonyl (C=O) groups is 2. The van der Waals surface area contributed by atoms with Crippen LogP contribution in [0.4, 0.5) is 0 Å². The summed E-state index contributed by atoms with van der Waals surface area (Å²) >= 11 is 0. The van der Waals surface area contributed by atoms with E-state index in [0.29, 0.717) is 13.1 Å². The number of nitrogens with one attached hydrogen (secondary N) is 2. The van der Waals surface area contributed by atoms with E-state index in [1.165, 1.54) is 0 Å². The van der Waals surface area contributed by atoms with Gasteiger partial charge in [-0.05, 0) is 19.4 Å². The van der Waals surface area contributed by atoms with Crippen LogP contribution in [0.25, 0.3) is 0 Å². The van der Waals surface area contributed by atoms with Gasteiger partial charge in [-0.25, -0.2) is 0 Å². The number of hydrogen-bond acceptors (Lipinski definition) is 3. The number of rotatable bonds is 2. The Morgan fingerprint density at radius 2 is 2.31 bits per heavy atom. The SMILES string of the molecule is CCC1(C(=O)N2CCNC(=O)C2)CCNC1. The lowest BCUT2D eigenvalue weighted by Crippen LogP contribution is -2.54. The fourth-order valence-corrected chi connectivity index (χ4v) is 2.53. The monoisotopic (exact) mass is 225 g/mol. The fourth-order valence-electron chi connectivity index (χ4n) is 2.53. The summed E-state index contributed by atoms with van der Waals surface area (Å²) in [5.41, 5.74) is -0.266. The molecule has 0 aromatic carbocycles. The second-order valence-corrected chi connectivity index (χ2v) is 4.64. The second-order valence-electron chi connectivity index (χ2n) is 4.64. The van der Waals surface area contributed by atoms with E-state index in [2.05, 4.69) is 17.6 Å². The minimum absolute atomic E-state index is 0.0446. The molecule has 0 saturated carbocycles. The average Bonchev–Trinajstić information content (AvgIpc) is 2.78. The van der Waals surface area contributed by atoms with Crippen LogP contribution in [0.5, 0.6) is 0 Å². The largest absolute Gasteiger partial charge is 0.353 e. The van der Waals surface area contributed by atoms with Crippen molar-refractivity contribution in [2.24, 2.45) is 5.41 Å². The van der Waals surface area contributed by atoms with Gasteiger partial charge in [-0.15, -0.1) is 0 Å². The maximum atomic E-state index is 12.4. The Bertz CT molecular complexity index is 298. The molecule has 16 heavy (non-hydrogen) atoms. The minimum atomic E-state index is -0.266. The van der Waals surface area contributed by atoms with Crippen molar-refractivity contribution in [1.29, 1.82) is 0 Å². The molecule has 2 rings (SSSR count). The van der Waals surface area contributed by atoms with E-state index in [1.807, 2.05) is 0 Å². The molecule has 0 spiro atoms. The molecule has 0 bridgehead atoms. The van der Waals surface area contributed by atoms with Gasteiger partial charge in [-0.1, -0.05) is 6.92 Å². The van der Waals surface area contributed by atoms with Crippen LogP contribution < -0.4 is 10.6 Å². The third-order valence-electron chi connectivity index (χ3n) is 3.70. The van der Waals surface area contributed by atoms with Crippen LogP contribution in [-0.2, 0) is 9.59 Å². The highest BCUT2D eigenvalue weighted by atomic mass is 16.2. The minimum Gasteiger partial charge on any atom is -0.353 e. The van der Waals surface area contributed by atoms with Crippen molar-refractivity contribution in [3.8, 4) is 0 Å². The maximum absolute atomic E-state index is 12.4. The molecule has 1 unspecified atom stereocenters. The number of nitrogens with zero attached hydrogens (tertiary/aromatic N) is 1. The van der Waals surface area contributed by atoms with Gasteiger partial charge >= 0.3 is 0 Å². The Labute approximate surface area is 95.6 Å². The van der Waals surface area contributed by atoms with E-state index < -0.39 is 0 Å². The Morgan fingerprint density at radius 3 is 2.88 bits per heavy atom. The molecule has 2 N–H and O–H groups in total. The molecule has 2 fully saturated rings. The summed E-state index contributed by atoms with van der Waals surface area (Å²) in [4.78, 5) is 25.4. The van der Waals surface area contributed by atoms with Gasteiger partial charge in [-0.3, -0.25) is 9.59 Å². The highest BCUT2D eigenvalue weighted by Gasteiger charge is 2.42. The first-order valence-corrected chi connectivity index (χ1v) is 5.95. The summed E-state index contributed by atoms with van der Waals surface area (Å²) in [5, 5.41) is 5.99. The third kappa shape index (κ3) is 1.91. The average molecular weight is 225 g/mol. The molecular formula is C11H19N3O2. The topological polar surface area (TPSA) is 61.4 Å². The van der Waals surface area contributed by atoms with Crippen molar-refractivity contribution >= 4 is 11.8 Å². The molecule has 0 aromatic rings. The normalized spacial score (nSPS) is 30.3. The van der Waals surface area contributed by atoms with Crippen LogP contribution in [0, 0.1) is 5.41 Å². The lowest BCUT2D eigenvalue weighted by Gasteiger charge is -2.35. The quantitative estimate of drug-likeness (QED) is 0.655. The lowest BCUT2D eigenvalue weighted by molar-refractivity contribution is -0.146. The Morgan fingerprint density at radius 1 is 1.50 bits per heavy atom. The molecule has 0 aliphatic carbocycles. The number of hydrogen-bond donors (Lipinski definition) is 2. The van der Waals surface area contributed by atoms with Crippen molar-refractivity contribution in [1.82, 2.24) is 15.5 Å². The summed E-state index contributed by atoms with van der Waals surface area (Å²) in [5.74, 6) is 0.103. The van der Waals surface area contributed by atoms with Gasteiger partial charge < -0.3 is 15.5 Å². The third-order valence-corrected chi connectivity index (χ3v) is 3.70. The van der Waals surface area contributed by atoms with E-state index in [9.17, 15) is 9.59 Å². The van der Waals surface area contributed by atoms with Crippen molar-refractivity contribution < 1.29 is 9.59 Å². The molecule has 0 radical (unpaired) electrons. The maximum Gasteiger partial charge on any atom is 0.239 e. The van der Waals surface area contributed by atoms with Crippen LogP contribution >= 0.6 is 0 Å². The zero-order valence-electron chi connectivity index (χ0n) is 9.71. The number of carbonyl (C=O) groups excluding carboxylic acids is 2. The fraction of sp³-hybridized carbons (Fsp3) is 0.818. The molecule has 0 aromatic heterocycles.